The molecule has 4 saturated carbocycles. The Hall–Kier alpha value is -1.04. The van der Waals surface area contributed by atoms with Gasteiger partial charge in [0.25, 0.3) is 0 Å². The summed E-state index contributed by atoms with van der Waals surface area (Å²) < 4.78 is 39.2. The van der Waals surface area contributed by atoms with Crippen molar-refractivity contribution in [2.75, 3.05) is 0 Å². The summed E-state index contributed by atoms with van der Waals surface area (Å²) in [5.41, 5.74) is 0.288. The van der Waals surface area contributed by atoms with Gasteiger partial charge in [0.05, 0.1) is 6.10 Å². The Kier molecular flexibility index (Phi) is 4.44. The molecule has 4 fully saturated rings. The van der Waals surface area contributed by atoms with Crippen LogP contribution >= 0.6 is 0 Å². The Balaban J connectivity index is 1.40. The van der Waals surface area contributed by atoms with Gasteiger partial charge in [0.15, 0.2) is 5.69 Å². The molecule has 8 atom stereocenters. The fourth-order valence-corrected chi connectivity index (χ4v) is 8.41. The van der Waals surface area contributed by atoms with Gasteiger partial charge in [0.1, 0.15) is 0 Å². The minimum Gasteiger partial charge on any atom is -0.393 e. The highest BCUT2D eigenvalue weighted by molar-refractivity contribution is 5.22. The highest BCUT2D eigenvalue weighted by Crippen LogP contribution is 2.68. The first-order valence-electron chi connectivity index (χ1n) is 11.4. The number of rotatable bonds is 1. The molecule has 0 unspecified atom stereocenters. The number of hydrogen-bond donors (Lipinski definition) is 2. The second-order valence-electron chi connectivity index (χ2n) is 11.0. The van der Waals surface area contributed by atoms with Gasteiger partial charge in [-0.05, 0) is 98.4 Å². The quantitative estimate of drug-likeness (QED) is 0.604. The molecule has 4 aliphatic rings. The van der Waals surface area contributed by atoms with Crippen molar-refractivity contribution in [1.29, 1.82) is 0 Å². The minimum atomic E-state index is -4.39. The summed E-state index contributed by atoms with van der Waals surface area (Å²) in [7, 11) is 0. The smallest absolute Gasteiger partial charge is 0.393 e. The summed E-state index contributed by atoms with van der Waals surface area (Å²) in [6, 6.07) is 1.26. The van der Waals surface area contributed by atoms with Crippen LogP contribution < -0.4 is 0 Å². The van der Waals surface area contributed by atoms with Gasteiger partial charge in [0, 0.05) is 11.6 Å². The number of aromatic nitrogens is 2. The molecule has 0 amide bonds. The van der Waals surface area contributed by atoms with Gasteiger partial charge in [-0.1, -0.05) is 13.8 Å². The first-order chi connectivity index (χ1) is 13.6. The van der Waals surface area contributed by atoms with Crippen LogP contribution in [-0.4, -0.2) is 21.4 Å². The number of nitrogens with zero attached hydrogens (tertiary/aromatic N) is 1. The van der Waals surface area contributed by atoms with Crippen LogP contribution in [0.2, 0.25) is 0 Å². The van der Waals surface area contributed by atoms with Gasteiger partial charge in [-0.2, -0.15) is 18.3 Å². The van der Waals surface area contributed by atoms with E-state index >= 15 is 0 Å². The number of nitrogens with one attached hydrogen (secondary N) is 1. The van der Waals surface area contributed by atoms with Gasteiger partial charge in [-0.25, -0.2) is 0 Å². The van der Waals surface area contributed by atoms with E-state index in [1.807, 2.05) is 0 Å². The summed E-state index contributed by atoms with van der Waals surface area (Å²) in [4.78, 5) is 0. The lowest BCUT2D eigenvalue weighted by Gasteiger charge is -2.61. The summed E-state index contributed by atoms with van der Waals surface area (Å²) in [6.07, 6.45) is 5.27. The van der Waals surface area contributed by atoms with Gasteiger partial charge in [-0.3, -0.25) is 5.10 Å². The number of halogens is 3. The van der Waals surface area contributed by atoms with Crippen molar-refractivity contribution in [1.82, 2.24) is 10.2 Å². The van der Waals surface area contributed by atoms with E-state index in [4.69, 9.17) is 0 Å². The molecule has 0 saturated heterocycles. The lowest BCUT2D eigenvalue weighted by molar-refractivity contribution is -0.141. The summed E-state index contributed by atoms with van der Waals surface area (Å²) in [5.74, 6) is 2.76. The Labute approximate surface area is 170 Å². The molecule has 162 valence electrons. The molecule has 1 heterocycles. The molecule has 2 N–H and O–H groups in total. The van der Waals surface area contributed by atoms with Gasteiger partial charge in [0.2, 0.25) is 0 Å². The lowest BCUT2D eigenvalue weighted by Crippen LogP contribution is -2.53. The SMILES string of the molecule is C[C@]12CC[C@H](O)C[C@@H]1CC[C@H]1[C@H]2CC[C@]2(C)[C@@H]1CC[C@H]2c1cc(C(F)(F)F)n[nH]1. The average molecular weight is 411 g/mol. The van der Waals surface area contributed by atoms with Gasteiger partial charge in [-0.15, -0.1) is 0 Å². The number of hydrogen-bond acceptors (Lipinski definition) is 2. The van der Waals surface area contributed by atoms with Gasteiger partial charge >= 0.3 is 6.18 Å². The number of aromatic amines is 1. The third-order valence-electron chi connectivity index (χ3n) is 9.90. The Morgan fingerprint density at radius 3 is 2.45 bits per heavy atom. The molecule has 0 aromatic carbocycles. The second-order valence-corrected chi connectivity index (χ2v) is 11.0. The largest absolute Gasteiger partial charge is 0.435 e. The Morgan fingerprint density at radius 1 is 1.00 bits per heavy atom. The van der Waals surface area contributed by atoms with Crippen molar-refractivity contribution in [3.8, 4) is 0 Å². The normalized spacial score (nSPS) is 47.4. The molecule has 0 bridgehead atoms. The summed E-state index contributed by atoms with van der Waals surface area (Å²) >= 11 is 0. The highest BCUT2D eigenvalue weighted by Gasteiger charge is 2.60. The van der Waals surface area contributed by atoms with Crippen molar-refractivity contribution < 1.29 is 18.3 Å². The van der Waals surface area contributed by atoms with Crippen molar-refractivity contribution in [3.63, 3.8) is 0 Å². The van der Waals surface area contributed by atoms with E-state index in [1.165, 1.54) is 25.3 Å². The van der Waals surface area contributed by atoms with E-state index in [2.05, 4.69) is 24.0 Å². The Bertz CT molecular complexity index is 776. The fraction of sp³-hybridized carbons (Fsp3) is 0.870. The first kappa shape index (κ1) is 19.9. The third-order valence-corrected chi connectivity index (χ3v) is 9.90. The highest BCUT2D eigenvalue weighted by atomic mass is 19.4. The summed E-state index contributed by atoms with van der Waals surface area (Å²) in [6.45, 7) is 4.80. The maximum atomic E-state index is 13.1. The zero-order valence-corrected chi connectivity index (χ0v) is 17.4. The fourth-order valence-electron chi connectivity index (χ4n) is 8.41. The predicted molar refractivity (Wildman–Crippen MR) is 104 cm³/mol. The maximum Gasteiger partial charge on any atom is 0.435 e. The van der Waals surface area contributed by atoms with Crippen molar-refractivity contribution in [2.24, 2.45) is 34.5 Å². The van der Waals surface area contributed by atoms with Crippen LogP contribution in [0.3, 0.4) is 0 Å². The van der Waals surface area contributed by atoms with E-state index in [9.17, 15) is 18.3 Å². The lowest BCUT2D eigenvalue weighted by atomic mass is 9.44. The molecule has 29 heavy (non-hydrogen) atoms. The molecule has 0 spiro atoms. The number of H-pyrrole nitrogens is 1. The first-order valence-corrected chi connectivity index (χ1v) is 11.4. The van der Waals surface area contributed by atoms with Crippen LogP contribution in [0.15, 0.2) is 6.07 Å². The maximum absolute atomic E-state index is 13.1. The van der Waals surface area contributed by atoms with E-state index in [0.29, 0.717) is 34.8 Å². The predicted octanol–water partition coefficient (Wildman–Crippen LogP) is 5.92. The summed E-state index contributed by atoms with van der Waals surface area (Å²) in [5, 5.41) is 16.5. The topological polar surface area (TPSA) is 48.9 Å². The third kappa shape index (κ3) is 2.91. The van der Waals surface area contributed by atoms with Crippen LogP contribution in [0.4, 0.5) is 13.2 Å². The molecule has 1 aromatic heterocycles. The standard InChI is InChI=1S/C23H33F3N2O/c1-21-9-7-14(29)11-13(21)3-4-15-16-5-6-18(22(16,2)10-8-17(15)21)19-12-20(28-27-19)23(24,25)26/h12-18,29H,3-11H2,1-2H3,(H,27,28)/t13-,14-,15+,16+,17+,18-,21-,22+/m0/s1. The van der Waals surface area contributed by atoms with Crippen molar-refractivity contribution in [3.05, 3.63) is 17.5 Å². The minimum absolute atomic E-state index is 0.0634. The molecule has 0 aliphatic heterocycles. The molecule has 3 nitrogen and oxygen atoms in total. The number of aliphatic hydroxyl groups is 1. The number of aliphatic hydroxyl groups excluding tert-OH is 1. The van der Waals surface area contributed by atoms with E-state index in [1.54, 1.807) is 0 Å². The second kappa shape index (κ2) is 6.48. The Morgan fingerprint density at radius 2 is 1.72 bits per heavy atom. The monoisotopic (exact) mass is 410 g/mol. The van der Waals surface area contributed by atoms with Crippen LogP contribution in [0.25, 0.3) is 0 Å². The van der Waals surface area contributed by atoms with Crippen LogP contribution in [0.5, 0.6) is 0 Å². The molecule has 1 aromatic rings. The van der Waals surface area contributed by atoms with E-state index < -0.39 is 11.9 Å². The van der Waals surface area contributed by atoms with Crippen molar-refractivity contribution in [2.45, 2.75) is 89.8 Å². The molecule has 0 radical (unpaired) electrons. The number of alkyl halides is 3. The molecule has 5 rings (SSSR count). The average Bonchev–Trinajstić information content (AvgIpc) is 3.26. The van der Waals surface area contributed by atoms with Crippen LogP contribution in [0, 0.1) is 34.5 Å². The molecule has 4 aliphatic carbocycles. The molecular formula is C23H33F3N2O. The van der Waals surface area contributed by atoms with Crippen LogP contribution in [-0.2, 0) is 6.18 Å². The molecular weight excluding hydrogens is 377 g/mol. The zero-order valence-electron chi connectivity index (χ0n) is 17.4. The van der Waals surface area contributed by atoms with Crippen molar-refractivity contribution >= 4 is 0 Å². The van der Waals surface area contributed by atoms with Crippen LogP contribution in [0.1, 0.15) is 88.9 Å². The van der Waals surface area contributed by atoms with E-state index in [0.717, 1.165) is 38.5 Å². The number of fused-ring (bicyclic) bond motifs is 5. The van der Waals surface area contributed by atoms with Gasteiger partial charge < -0.3 is 5.11 Å². The zero-order chi connectivity index (χ0) is 20.6. The molecule has 6 heteroatoms. The van der Waals surface area contributed by atoms with E-state index in [-0.39, 0.29) is 17.4 Å².